The van der Waals surface area contributed by atoms with Crippen molar-refractivity contribution in [1.29, 1.82) is 0 Å². The molecule has 0 aliphatic heterocycles. The Morgan fingerprint density at radius 1 is 1.05 bits per heavy atom. The first-order valence-corrected chi connectivity index (χ1v) is 8.43. The van der Waals surface area contributed by atoms with E-state index in [0.717, 1.165) is 30.6 Å². The van der Waals surface area contributed by atoms with Gasteiger partial charge in [-0.15, -0.1) is 0 Å². The molecular weight excluding hydrogens is 232 g/mol. The van der Waals surface area contributed by atoms with Crippen LogP contribution < -0.4 is 0 Å². The predicted octanol–water partition coefficient (Wildman–Crippen LogP) is 4.52. The van der Waals surface area contributed by atoms with Gasteiger partial charge in [0.25, 0.3) is 0 Å². The van der Waals surface area contributed by atoms with Crippen LogP contribution in [0.3, 0.4) is 0 Å². The quantitative estimate of drug-likeness (QED) is 0.584. The van der Waals surface area contributed by atoms with Crippen molar-refractivity contribution in [2.24, 2.45) is 29.1 Å². The third kappa shape index (κ3) is 1.63. The van der Waals surface area contributed by atoms with Crippen molar-refractivity contribution >= 4 is 5.78 Å². The number of rotatable bonds is 0. The van der Waals surface area contributed by atoms with E-state index in [4.69, 9.17) is 0 Å². The Morgan fingerprint density at radius 2 is 1.89 bits per heavy atom. The van der Waals surface area contributed by atoms with Crippen LogP contribution in [0.15, 0.2) is 11.6 Å². The Morgan fingerprint density at radius 3 is 2.79 bits per heavy atom. The molecule has 104 valence electrons. The summed E-state index contributed by atoms with van der Waals surface area (Å²) in [4.78, 5) is 12.3. The minimum atomic E-state index is 0.00959. The molecule has 0 N–H and O–H groups in total. The Bertz CT molecular complexity index is 435. The second-order valence-electron chi connectivity index (χ2n) is 7.73. The monoisotopic (exact) mass is 258 g/mol. The highest BCUT2D eigenvalue weighted by atomic mass is 16.1. The van der Waals surface area contributed by atoms with E-state index in [1.807, 2.05) is 0 Å². The first-order chi connectivity index (χ1) is 9.20. The number of fused-ring (bicyclic) bond motifs is 5. The minimum Gasteiger partial charge on any atom is -0.299 e. The topological polar surface area (TPSA) is 17.1 Å². The van der Waals surface area contributed by atoms with E-state index >= 15 is 0 Å². The molecule has 0 aromatic rings. The first kappa shape index (κ1) is 12.2. The van der Waals surface area contributed by atoms with E-state index in [9.17, 15) is 4.79 Å². The predicted molar refractivity (Wildman–Crippen MR) is 76.7 cm³/mol. The summed E-state index contributed by atoms with van der Waals surface area (Å²) < 4.78 is 0. The van der Waals surface area contributed by atoms with Crippen molar-refractivity contribution in [3.63, 3.8) is 0 Å². The van der Waals surface area contributed by atoms with Gasteiger partial charge in [0, 0.05) is 11.8 Å². The maximum atomic E-state index is 12.3. The molecule has 0 amide bonds. The van der Waals surface area contributed by atoms with Gasteiger partial charge in [-0.1, -0.05) is 31.4 Å². The number of Topliss-reactive ketones (excluding diaryl/α,β-unsaturated/α-hetero) is 1. The van der Waals surface area contributed by atoms with Crippen molar-refractivity contribution in [3.05, 3.63) is 11.6 Å². The lowest BCUT2D eigenvalue weighted by Crippen LogP contribution is -2.42. The van der Waals surface area contributed by atoms with Crippen molar-refractivity contribution < 1.29 is 4.79 Å². The third-order valence-corrected chi connectivity index (χ3v) is 7.00. The lowest BCUT2D eigenvalue weighted by molar-refractivity contribution is -0.127. The van der Waals surface area contributed by atoms with Crippen LogP contribution in [-0.2, 0) is 4.79 Å². The maximum Gasteiger partial charge on any atom is 0.139 e. The van der Waals surface area contributed by atoms with Gasteiger partial charge in [0.2, 0.25) is 0 Å². The molecule has 0 saturated heterocycles. The van der Waals surface area contributed by atoms with E-state index < -0.39 is 0 Å². The number of hydrogen-bond acceptors (Lipinski definition) is 1. The average Bonchev–Trinajstić information content (AvgIpc) is 2.75. The minimum absolute atomic E-state index is 0.00959. The fourth-order valence-electron chi connectivity index (χ4n) is 5.90. The summed E-state index contributed by atoms with van der Waals surface area (Å²) in [5, 5.41) is 0. The van der Waals surface area contributed by atoms with Gasteiger partial charge in [0.05, 0.1) is 0 Å². The van der Waals surface area contributed by atoms with Gasteiger partial charge in [0.15, 0.2) is 0 Å². The van der Waals surface area contributed by atoms with Crippen LogP contribution in [0.4, 0.5) is 0 Å². The standard InChI is InChI=1S/C18H26O/c1-18-11-10-14-13-5-3-2-4-12(13)6-7-15(14)16(18)8-9-17(18)19/h10,12-13,15-16H,2-9,11H2,1H3/t12?,13-,15-,16+,18+/m1/s1. The zero-order valence-corrected chi connectivity index (χ0v) is 12.2. The van der Waals surface area contributed by atoms with Crippen molar-refractivity contribution in [1.82, 2.24) is 0 Å². The number of allylic oxidation sites excluding steroid dienone is 2. The number of ketones is 1. The summed E-state index contributed by atoms with van der Waals surface area (Å²) in [5.41, 5.74) is 1.81. The fourth-order valence-corrected chi connectivity index (χ4v) is 5.90. The summed E-state index contributed by atoms with van der Waals surface area (Å²) in [7, 11) is 0. The highest BCUT2D eigenvalue weighted by Gasteiger charge is 2.53. The van der Waals surface area contributed by atoms with E-state index in [-0.39, 0.29) is 5.41 Å². The normalized spacial score (nSPS) is 49.1. The zero-order chi connectivity index (χ0) is 13.0. The van der Waals surface area contributed by atoms with Gasteiger partial charge in [-0.05, 0) is 62.2 Å². The lowest BCUT2D eigenvalue weighted by Gasteiger charge is -2.49. The molecule has 3 saturated carbocycles. The molecular formula is C18H26O. The van der Waals surface area contributed by atoms with Crippen LogP contribution in [-0.4, -0.2) is 5.78 Å². The van der Waals surface area contributed by atoms with Crippen molar-refractivity contribution in [2.75, 3.05) is 0 Å². The van der Waals surface area contributed by atoms with Crippen LogP contribution in [0, 0.1) is 29.1 Å². The number of carbonyl (C=O) groups is 1. The molecule has 0 bridgehead atoms. The first-order valence-electron chi connectivity index (χ1n) is 8.43. The highest BCUT2D eigenvalue weighted by molar-refractivity contribution is 5.87. The van der Waals surface area contributed by atoms with E-state index in [0.29, 0.717) is 11.7 Å². The molecule has 4 aliphatic carbocycles. The van der Waals surface area contributed by atoms with Crippen molar-refractivity contribution in [2.45, 2.75) is 64.7 Å². The summed E-state index contributed by atoms with van der Waals surface area (Å²) in [6, 6.07) is 0. The Labute approximate surface area is 116 Å². The van der Waals surface area contributed by atoms with Gasteiger partial charge in [-0.25, -0.2) is 0 Å². The fraction of sp³-hybridized carbons (Fsp3) is 0.833. The summed E-state index contributed by atoms with van der Waals surface area (Å²) >= 11 is 0. The van der Waals surface area contributed by atoms with Crippen LogP contribution in [0.2, 0.25) is 0 Å². The zero-order valence-electron chi connectivity index (χ0n) is 12.2. The SMILES string of the molecule is C[C@]12CC=C3[C@@H](CCC4CCCC[C@@H]34)[C@@H]1CCC2=O. The van der Waals surface area contributed by atoms with Crippen molar-refractivity contribution in [3.8, 4) is 0 Å². The molecule has 4 rings (SSSR count). The summed E-state index contributed by atoms with van der Waals surface area (Å²) in [6.45, 7) is 2.26. The van der Waals surface area contributed by atoms with Crippen LogP contribution in [0.25, 0.3) is 0 Å². The molecule has 1 unspecified atom stereocenters. The summed E-state index contributed by atoms with van der Waals surface area (Å²) in [5.74, 6) is 3.89. The second-order valence-corrected chi connectivity index (χ2v) is 7.73. The molecule has 1 heteroatoms. The van der Waals surface area contributed by atoms with Gasteiger partial charge in [-0.2, -0.15) is 0 Å². The molecule has 0 spiro atoms. The second kappa shape index (κ2) is 4.20. The largest absolute Gasteiger partial charge is 0.299 e. The van der Waals surface area contributed by atoms with Gasteiger partial charge < -0.3 is 0 Å². The maximum absolute atomic E-state index is 12.3. The lowest BCUT2D eigenvalue weighted by atomic mass is 9.55. The molecule has 4 aliphatic rings. The number of hydrogen-bond donors (Lipinski definition) is 0. The van der Waals surface area contributed by atoms with Crippen LogP contribution >= 0.6 is 0 Å². The van der Waals surface area contributed by atoms with Crippen LogP contribution in [0.1, 0.15) is 64.7 Å². The molecule has 5 atom stereocenters. The highest BCUT2D eigenvalue weighted by Crippen LogP contribution is 2.58. The molecule has 0 aromatic carbocycles. The third-order valence-electron chi connectivity index (χ3n) is 7.00. The molecule has 1 nitrogen and oxygen atoms in total. The molecule has 19 heavy (non-hydrogen) atoms. The van der Waals surface area contributed by atoms with E-state index in [1.54, 1.807) is 5.57 Å². The molecule has 0 heterocycles. The molecule has 0 radical (unpaired) electrons. The molecule has 0 aromatic heterocycles. The molecule has 3 fully saturated rings. The Balaban J connectivity index is 1.68. The Kier molecular flexibility index (Phi) is 2.69. The Hall–Kier alpha value is -0.590. The van der Waals surface area contributed by atoms with Gasteiger partial charge in [0.1, 0.15) is 5.78 Å². The smallest absolute Gasteiger partial charge is 0.139 e. The van der Waals surface area contributed by atoms with Crippen LogP contribution in [0.5, 0.6) is 0 Å². The average molecular weight is 258 g/mol. The summed E-state index contributed by atoms with van der Waals surface area (Å²) in [6.07, 6.45) is 14.2. The van der Waals surface area contributed by atoms with E-state index in [2.05, 4.69) is 13.0 Å². The number of carbonyl (C=O) groups excluding carboxylic acids is 1. The van der Waals surface area contributed by atoms with Gasteiger partial charge in [-0.3, -0.25) is 4.79 Å². The van der Waals surface area contributed by atoms with Gasteiger partial charge >= 0.3 is 0 Å². The van der Waals surface area contributed by atoms with E-state index in [1.165, 1.54) is 44.9 Å².